The van der Waals surface area contributed by atoms with Crippen LogP contribution in [0.2, 0.25) is 0 Å². The van der Waals surface area contributed by atoms with E-state index in [1.54, 1.807) is 13.0 Å². The molecule has 2 atom stereocenters. The van der Waals surface area contributed by atoms with Gasteiger partial charge in [0.2, 0.25) is 0 Å². The van der Waals surface area contributed by atoms with Gasteiger partial charge in [0, 0.05) is 12.6 Å². The quantitative estimate of drug-likeness (QED) is 0.674. The van der Waals surface area contributed by atoms with Crippen molar-refractivity contribution in [2.24, 2.45) is 11.7 Å². The minimum absolute atomic E-state index is 0.0709. The summed E-state index contributed by atoms with van der Waals surface area (Å²) in [5, 5.41) is 9.14. The van der Waals surface area contributed by atoms with Gasteiger partial charge in [-0.15, -0.1) is 0 Å². The number of halogens is 1. The third-order valence-electron chi connectivity index (χ3n) is 4.29. The van der Waals surface area contributed by atoms with Crippen LogP contribution >= 0.6 is 0 Å². The number of esters is 1. The summed E-state index contributed by atoms with van der Waals surface area (Å²) in [6.45, 7) is 2.00. The second-order valence-corrected chi connectivity index (χ2v) is 6.37. The molecule has 0 saturated carbocycles. The Kier molecular flexibility index (Phi) is 7.75. The number of ether oxygens (including phenoxy) is 1. The Morgan fingerprint density at radius 1 is 1.19 bits per heavy atom. The number of nitrogens with two attached hydrogens (primary N) is 1. The van der Waals surface area contributed by atoms with Gasteiger partial charge in [0.05, 0.1) is 12.5 Å². The molecule has 0 aliphatic carbocycles. The Labute approximate surface area is 153 Å². The van der Waals surface area contributed by atoms with Crippen molar-refractivity contribution in [2.45, 2.75) is 32.2 Å². The van der Waals surface area contributed by atoms with Gasteiger partial charge in [-0.05, 0) is 55.0 Å². The lowest BCUT2D eigenvalue weighted by Crippen LogP contribution is -2.30. The zero-order chi connectivity index (χ0) is 18.9. The van der Waals surface area contributed by atoms with E-state index < -0.39 is 0 Å². The molecule has 3 N–H and O–H groups in total. The van der Waals surface area contributed by atoms with Crippen molar-refractivity contribution < 1.29 is 19.0 Å². The molecule has 0 radical (unpaired) electrons. The van der Waals surface area contributed by atoms with Crippen LogP contribution in [0, 0.1) is 11.7 Å². The molecule has 2 rings (SSSR count). The highest BCUT2D eigenvalue weighted by Gasteiger charge is 2.22. The molecule has 0 aromatic heterocycles. The zero-order valence-electron chi connectivity index (χ0n) is 15.0. The normalized spacial score (nSPS) is 13.2. The number of aliphatic hydroxyl groups excluding tert-OH is 1. The van der Waals surface area contributed by atoms with Gasteiger partial charge in [0.15, 0.2) is 0 Å². The van der Waals surface area contributed by atoms with Gasteiger partial charge in [0.25, 0.3) is 0 Å². The molecule has 0 unspecified atom stereocenters. The third-order valence-corrected chi connectivity index (χ3v) is 4.29. The van der Waals surface area contributed by atoms with Crippen molar-refractivity contribution in [3.63, 3.8) is 0 Å². The maximum atomic E-state index is 13.3. The first kappa shape index (κ1) is 20.1. The predicted octanol–water partition coefficient (Wildman–Crippen LogP) is 3.31. The maximum absolute atomic E-state index is 13.3. The fourth-order valence-corrected chi connectivity index (χ4v) is 3.00. The van der Waals surface area contributed by atoms with E-state index in [-0.39, 0.29) is 30.4 Å². The van der Waals surface area contributed by atoms with Crippen LogP contribution in [0.5, 0.6) is 0 Å². The molecule has 140 valence electrons. The van der Waals surface area contributed by atoms with Crippen LogP contribution in [0.25, 0.3) is 11.1 Å². The smallest absolute Gasteiger partial charge is 0.309 e. The lowest BCUT2D eigenvalue weighted by atomic mass is 9.93. The summed E-state index contributed by atoms with van der Waals surface area (Å²) in [7, 11) is 0. The number of benzene rings is 2. The summed E-state index contributed by atoms with van der Waals surface area (Å²) >= 11 is 0. The van der Waals surface area contributed by atoms with Crippen LogP contribution in [0.4, 0.5) is 4.39 Å². The van der Waals surface area contributed by atoms with Crippen molar-refractivity contribution in [3.8, 4) is 11.1 Å². The summed E-state index contributed by atoms with van der Waals surface area (Å²) < 4.78 is 18.4. The van der Waals surface area contributed by atoms with Crippen LogP contribution in [-0.2, 0) is 16.0 Å². The van der Waals surface area contributed by atoms with Gasteiger partial charge in [0.1, 0.15) is 5.82 Å². The van der Waals surface area contributed by atoms with E-state index in [9.17, 15) is 9.18 Å². The van der Waals surface area contributed by atoms with E-state index in [1.165, 1.54) is 12.1 Å². The van der Waals surface area contributed by atoms with Crippen molar-refractivity contribution in [1.29, 1.82) is 0 Å². The molecular formula is C21H26FNO3. The molecule has 0 amide bonds. The Morgan fingerprint density at radius 2 is 1.92 bits per heavy atom. The summed E-state index contributed by atoms with van der Waals surface area (Å²) in [4.78, 5) is 11.9. The van der Waals surface area contributed by atoms with Gasteiger partial charge in [-0.1, -0.05) is 36.4 Å². The van der Waals surface area contributed by atoms with Crippen molar-refractivity contribution in [3.05, 3.63) is 59.9 Å². The van der Waals surface area contributed by atoms with Crippen molar-refractivity contribution >= 4 is 5.97 Å². The largest absolute Gasteiger partial charge is 0.466 e. The van der Waals surface area contributed by atoms with Gasteiger partial charge < -0.3 is 15.6 Å². The molecule has 0 spiro atoms. The molecule has 4 nitrogen and oxygen atoms in total. The number of carbonyl (C=O) groups excluding carboxylic acids is 1. The lowest BCUT2D eigenvalue weighted by molar-refractivity contribution is -0.149. The SMILES string of the molecule is CCOC(=O)[C@H](CCO)C[C@H](N)Cc1ccc(-c2cccc(F)c2)cc1. The molecule has 2 aromatic carbocycles. The van der Waals surface area contributed by atoms with E-state index in [4.69, 9.17) is 15.6 Å². The Morgan fingerprint density at radius 3 is 2.54 bits per heavy atom. The minimum atomic E-state index is -0.387. The second kappa shape index (κ2) is 10.0. The molecule has 0 aliphatic heterocycles. The lowest BCUT2D eigenvalue weighted by Gasteiger charge is -2.19. The maximum Gasteiger partial charge on any atom is 0.309 e. The molecule has 2 aromatic rings. The summed E-state index contributed by atoms with van der Waals surface area (Å²) in [6.07, 6.45) is 1.43. The number of hydrogen-bond acceptors (Lipinski definition) is 4. The molecule has 5 heteroatoms. The highest BCUT2D eigenvalue weighted by atomic mass is 19.1. The van der Waals surface area contributed by atoms with Gasteiger partial charge in [-0.2, -0.15) is 0 Å². The number of hydrogen-bond donors (Lipinski definition) is 2. The van der Waals surface area contributed by atoms with Crippen LogP contribution in [0.3, 0.4) is 0 Å². The van der Waals surface area contributed by atoms with Crippen LogP contribution in [0.15, 0.2) is 48.5 Å². The number of carbonyl (C=O) groups is 1. The Hall–Kier alpha value is -2.24. The zero-order valence-corrected chi connectivity index (χ0v) is 15.0. The van der Waals surface area contributed by atoms with E-state index in [0.29, 0.717) is 25.9 Å². The van der Waals surface area contributed by atoms with Crippen LogP contribution in [0.1, 0.15) is 25.3 Å². The van der Waals surface area contributed by atoms with Crippen molar-refractivity contribution in [2.75, 3.05) is 13.2 Å². The molecule has 0 heterocycles. The van der Waals surface area contributed by atoms with Gasteiger partial charge >= 0.3 is 5.97 Å². The third kappa shape index (κ3) is 5.93. The molecular weight excluding hydrogens is 333 g/mol. The van der Waals surface area contributed by atoms with E-state index in [2.05, 4.69) is 0 Å². The number of rotatable bonds is 9. The van der Waals surface area contributed by atoms with Crippen LogP contribution in [-0.4, -0.2) is 30.3 Å². The summed E-state index contributed by atoms with van der Waals surface area (Å²) in [5.41, 5.74) is 9.01. The topological polar surface area (TPSA) is 72.5 Å². The first-order valence-electron chi connectivity index (χ1n) is 8.91. The minimum Gasteiger partial charge on any atom is -0.466 e. The average Bonchev–Trinajstić information content (AvgIpc) is 2.62. The highest BCUT2D eigenvalue weighted by Crippen LogP contribution is 2.22. The summed E-state index contributed by atoms with van der Waals surface area (Å²) in [5.74, 6) is -0.956. The predicted molar refractivity (Wildman–Crippen MR) is 100.0 cm³/mol. The first-order valence-corrected chi connectivity index (χ1v) is 8.91. The monoisotopic (exact) mass is 359 g/mol. The molecule has 0 aliphatic rings. The fraction of sp³-hybridized carbons (Fsp3) is 0.381. The Bertz CT molecular complexity index is 703. The molecule has 0 bridgehead atoms. The van der Waals surface area contributed by atoms with Crippen LogP contribution < -0.4 is 5.73 Å². The highest BCUT2D eigenvalue weighted by molar-refractivity contribution is 5.72. The summed E-state index contributed by atoms with van der Waals surface area (Å²) in [6, 6.07) is 14.1. The van der Waals surface area contributed by atoms with Crippen molar-refractivity contribution in [1.82, 2.24) is 0 Å². The van der Waals surface area contributed by atoms with E-state index in [0.717, 1.165) is 16.7 Å². The fourth-order valence-electron chi connectivity index (χ4n) is 3.00. The second-order valence-electron chi connectivity index (χ2n) is 6.37. The first-order chi connectivity index (χ1) is 12.5. The number of aliphatic hydroxyl groups is 1. The van der Waals surface area contributed by atoms with Gasteiger partial charge in [-0.3, -0.25) is 4.79 Å². The standard InChI is InChI=1S/C21H26FNO3/c1-2-26-21(25)18(10-11-24)14-20(23)12-15-6-8-16(9-7-15)17-4-3-5-19(22)13-17/h3-9,13,18,20,24H,2,10-12,14,23H2,1H3/t18-,20-/m1/s1. The Balaban J connectivity index is 1.97. The van der Waals surface area contributed by atoms with Gasteiger partial charge in [-0.25, -0.2) is 4.39 Å². The van der Waals surface area contributed by atoms with E-state index in [1.807, 2.05) is 30.3 Å². The molecule has 0 saturated heterocycles. The average molecular weight is 359 g/mol. The molecule has 0 fully saturated rings. The van der Waals surface area contributed by atoms with E-state index >= 15 is 0 Å². The molecule has 26 heavy (non-hydrogen) atoms.